The maximum atomic E-state index is 11.9. The molecule has 0 saturated carbocycles. The predicted octanol–water partition coefficient (Wildman–Crippen LogP) is 2.16. The fraction of sp³-hybridized carbons (Fsp3) is 0.556. The van der Waals surface area contributed by atoms with Crippen molar-refractivity contribution in [2.75, 3.05) is 7.05 Å². The van der Waals surface area contributed by atoms with Crippen molar-refractivity contribution >= 4 is 0 Å². The number of aryl methyl sites for hydroxylation is 1. The summed E-state index contributed by atoms with van der Waals surface area (Å²) >= 11 is 0. The number of aromatic nitrogens is 1. The summed E-state index contributed by atoms with van der Waals surface area (Å²) in [6.07, 6.45) is -3.20. The number of nitrogens with zero attached hydrogens (tertiary/aromatic N) is 1. The minimum absolute atomic E-state index is 0.00644. The maximum absolute atomic E-state index is 11.9. The molecule has 0 aliphatic heterocycles. The second-order valence-corrected chi connectivity index (χ2v) is 3.09. The van der Waals surface area contributed by atoms with E-state index in [4.69, 9.17) is 0 Å². The number of hydrogen-bond donors (Lipinski definition) is 1. The van der Waals surface area contributed by atoms with E-state index in [9.17, 15) is 13.2 Å². The van der Waals surface area contributed by atoms with Crippen LogP contribution in [0.3, 0.4) is 0 Å². The van der Waals surface area contributed by atoms with Gasteiger partial charge in [-0.15, -0.1) is 0 Å². The van der Waals surface area contributed by atoms with E-state index in [1.165, 1.54) is 0 Å². The molecule has 0 saturated heterocycles. The van der Waals surface area contributed by atoms with E-state index >= 15 is 0 Å². The summed E-state index contributed by atoms with van der Waals surface area (Å²) in [7, 11) is 1.76. The Morgan fingerprint density at radius 2 is 2.14 bits per heavy atom. The summed E-state index contributed by atoms with van der Waals surface area (Å²) in [5.74, 6) is 0. The fourth-order valence-electron chi connectivity index (χ4n) is 1.26. The number of nitrogens with one attached hydrogen (secondary N) is 1. The van der Waals surface area contributed by atoms with Gasteiger partial charge in [0, 0.05) is 25.0 Å². The van der Waals surface area contributed by atoms with E-state index in [1.807, 2.05) is 6.07 Å². The van der Waals surface area contributed by atoms with E-state index in [2.05, 4.69) is 5.32 Å². The van der Waals surface area contributed by atoms with Crippen molar-refractivity contribution in [2.45, 2.75) is 25.7 Å². The van der Waals surface area contributed by atoms with Gasteiger partial charge in [-0.25, -0.2) is 0 Å². The molecule has 0 spiro atoms. The van der Waals surface area contributed by atoms with Crippen molar-refractivity contribution in [2.24, 2.45) is 0 Å². The Kier molecular flexibility index (Phi) is 3.57. The van der Waals surface area contributed by atoms with Crippen LogP contribution >= 0.6 is 0 Å². The van der Waals surface area contributed by atoms with Gasteiger partial charge in [-0.1, -0.05) is 0 Å². The molecule has 0 aromatic carbocycles. The average Bonchev–Trinajstić information content (AvgIpc) is 2.48. The second-order valence-electron chi connectivity index (χ2n) is 3.09. The highest BCUT2D eigenvalue weighted by molar-refractivity contribution is 5.06. The van der Waals surface area contributed by atoms with Crippen LogP contribution in [0.5, 0.6) is 0 Å². The molecular weight excluding hydrogens is 193 g/mol. The standard InChI is InChI=1S/C9H13F3N2/c1-13-7-8-3-2-5-14(8)6-4-9(10,11)12/h2-3,5,13H,4,6-7H2,1H3. The SMILES string of the molecule is CNCc1cccn1CCC(F)(F)F. The lowest BCUT2D eigenvalue weighted by molar-refractivity contribution is -0.136. The largest absolute Gasteiger partial charge is 0.390 e. The summed E-state index contributed by atoms with van der Waals surface area (Å²) in [5.41, 5.74) is 0.872. The van der Waals surface area contributed by atoms with Crippen LogP contribution in [0.4, 0.5) is 13.2 Å². The van der Waals surface area contributed by atoms with Crippen LogP contribution in [0.25, 0.3) is 0 Å². The monoisotopic (exact) mass is 206 g/mol. The van der Waals surface area contributed by atoms with Crippen LogP contribution in [-0.4, -0.2) is 17.8 Å². The van der Waals surface area contributed by atoms with Gasteiger partial charge in [-0.05, 0) is 19.2 Å². The van der Waals surface area contributed by atoms with Crippen molar-refractivity contribution in [3.05, 3.63) is 24.0 Å². The van der Waals surface area contributed by atoms with Gasteiger partial charge in [0.1, 0.15) is 0 Å². The number of hydrogen-bond acceptors (Lipinski definition) is 1. The van der Waals surface area contributed by atoms with E-state index < -0.39 is 12.6 Å². The van der Waals surface area contributed by atoms with Crippen molar-refractivity contribution < 1.29 is 13.2 Å². The average molecular weight is 206 g/mol. The van der Waals surface area contributed by atoms with E-state index in [0.29, 0.717) is 6.54 Å². The second kappa shape index (κ2) is 4.50. The molecule has 0 aliphatic rings. The summed E-state index contributed by atoms with van der Waals surface area (Å²) in [5, 5.41) is 2.91. The summed E-state index contributed by atoms with van der Waals surface area (Å²) < 4.78 is 37.4. The lowest BCUT2D eigenvalue weighted by Gasteiger charge is -2.10. The Morgan fingerprint density at radius 3 is 2.71 bits per heavy atom. The molecule has 0 unspecified atom stereocenters. The lowest BCUT2D eigenvalue weighted by atomic mass is 10.4. The van der Waals surface area contributed by atoms with Crippen LogP contribution < -0.4 is 5.32 Å². The number of alkyl halides is 3. The van der Waals surface area contributed by atoms with Gasteiger partial charge in [-0.3, -0.25) is 0 Å². The molecule has 1 aromatic rings. The molecule has 0 fully saturated rings. The Morgan fingerprint density at radius 1 is 1.43 bits per heavy atom. The van der Waals surface area contributed by atoms with Crippen LogP contribution in [-0.2, 0) is 13.1 Å². The molecule has 14 heavy (non-hydrogen) atoms. The maximum Gasteiger partial charge on any atom is 0.390 e. The highest BCUT2D eigenvalue weighted by atomic mass is 19.4. The highest BCUT2D eigenvalue weighted by Crippen LogP contribution is 2.20. The van der Waals surface area contributed by atoms with Crippen LogP contribution in [0.1, 0.15) is 12.1 Å². The molecule has 0 aliphatic carbocycles. The number of halogens is 3. The minimum atomic E-state index is -4.08. The predicted molar refractivity (Wildman–Crippen MR) is 47.9 cm³/mol. The molecule has 80 valence electrons. The van der Waals surface area contributed by atoms with E-state index in [0.717, 1.165) is 5.69 Å². The zero-order chi connectivity index (χ0) is 10.6. The molecular formula is C9H13F3N2. The van der Waals surface area contributed by atoms with Gasteiger partial charge in [0.2, 0.25) is 0 Å². The summed E-state index contributed by atoms with van der Waals surface area (Å²) in [6, 6.07) is 3.57. The first-order valence-electron chi connectivity index (χ1n) is 4.38. The Balaban J connectivity index is 2.53. The fourth-order valence-corrected chi connectivity index (χ4v) is 1.26. The summed E-state index contributed by atoms with van der Waals surface area (Å²) in [4.78, 5) is 0. The molecule has 2 nitrogen and oxygen atoms in total. The van der Waals surface area contributed by atoms with Crippen LogP contribution in [0, 0.1) is 0 Å². The topological polar surface area (TPSA) is 17.0 Å². The molecule has 0 bridgehead atoms. The molecule has 0 amide bonds. The van der Waals surface area contributed by atoms with Crippen LogP contribution in [0.15, 0.2) is 18.3 Å². The quantitative estimate of drug-likeness (QED) is 0.798. The van der Waals surface area contributed by atoms with Crippen molar-refractivity contribution in [1.29, 1.82) is 0 Å². The third-order valence-electron chi connectivity index (χ3n) is 1.92. The molecule has 1 aromatic heterocycles. The van der Waals surface area contributed by atoms with Gasteiger partial charge < -0.3 is 9.88 Å². The molecule has 1 N–H and O–H groups in total. The van der Waals surface area contributed by atoms with Gasteiger partial charge in [-0.2, -0.15) is 13.2 Å². The van der Waals surface area contributed by atoms with E-state index in [1.54, 1.807) is 23.9 Å². The summed E-state index contributed by atoms with van der Waals surface area (Å²) in [6.45, 7) is 0.582. The van der Waals surface area contributed by atoms with Crippen LogP contribution in [0.2, 0.25) is 0 Å². The molecule has 1 heterocycles. The van der Waals surface area contributed by atoms with Crippen molar-refractivity contribution in [1.82, 2.24) is 9.88 Å². The Bertz CT molecular complexity index is 278. The lowest BCUT2D eigenvalue weighted by Crippen LogP contribution is -2.15. The third kappa shape index (κ3) is 3.41. The van der Waals surface area contributed by atoms with Gasteiger partial charge in [0.05, 0.1) is 6.42 Å². The molecule has 0 radical (unpaired) electrons. The Hall–Kier alpha value is -0.970. The molecule has 0 atom stereocenters. The van der Waals surface area contributed by atoms with Gasteiger partial charge in [0.15, 0.2) is 0 Å². The smallest absolute Gasteiger partial charge is 0.350 e. The normalized spacial score (nSPS) is 12.0. The molecule has 5 heteroatoms. The number of rotatable bonds is 4. The van der Waals surface area contributed by atoms with E-state index in [-0.39, 0.29) is 6.54 Å². The van der Waals surface area contributed by atoms with Crippen molar-refractivity contribution in [3.8, 4) is 0 Å². The zero-order valence-corrected chi connectivity index (χ0v) is 7.93. The minimum Gasteiger partial charge on any atom is -0.350 e. The highest BCUT2D eigenvalue weighted by Gasteiger charge is 2.26. The van der Waals surface area contributed by atoms with Gasteiger partial charge in [0.25, 0.3) is 0 Å². The van der Waals surface area contributed by atoms with Crippen molar-refractivity contribution in [3.63, 3.8) is 0 Å². The Labute approximate surface area is 80.7 Å². The molecule has 1 rings (SSSR count). The zero-order valence-electron chi connectivity index (χ0n) is 7.93. The first-order chi connectivity index (χ1) is 6.53. The van der Waals surface area contributed by atoms with Gasteiger partial charge >= 0.3 is 6.18 Å². The first-order valence-corrected chi connectivity index (χ1v) is 4.38. The third-order valence-corrected chi connectivity index (χ3v) is 1.92. The first kappa shape index (κ1) is 11.1.